The number of phenols is 1. The Balaban J connectivity index is 1.72. The molecule has 0 spiro atoms. The Bertz CT molecular complexity index is 1450. The van der Waals surface area contributed by atoms with E-state index in [9.17, 15) is 14.2 Å². The summed E-state index contributed by atoms with van der Waals surface area (Å²) in [6.07, 6.45) is 0. The third-order valence-electron chi connectivity index (χ3n) is 6.14. The van der Waals surface area contributed by atoms with Gasteiger partial charge in [-0.15, -0.1) is 0 Å². The Morgan fingerprint density at radius 3 is 1.09 bits per heavy atom. The molecule has 1 N–H and O–H groups in total. The second-order valence-corrected chi connectivity index (χ2v) is 13.7. The first-order valence-electron chi connectivity index (χ1n) is 11.3. The van der Waals surface area contributed by atoms with E-state index in [1.807, 2.05) is 121 Å². The van der Waals surface area contributed by atoms with Gasteiger partial charge in [0.25, 0.3) is 0 Å². The molecule has 0 amide bonds. The van der Waals surface area contributed by atoms with Gasteiger partial charge < -0.3 is 14.2 Å². The minimum Gasteiger partial charge on any atom is -0.507 e. The van der Waals surface area contributed by atoms with Crippen LogP contribution in [0, 0.1) is 0 Å². The minimum absolute atomic E-state index is 0.134. The van der Waals surface area contributed by atoms with Crippen LogP contribution in [0.3, 0.4) is 0 Å². The van der Waals surface area contributed by atoms with Crippen molar-refractivity contribution in [2.75, 3.05) is 0 Å². The zero-order chi connectivity index (χ0) is 24.3. The van der Waals surface area contributed by atoms with Crippen molar-refractivity contribution in [3.05, 3.63) is 140 Å². The topological polar surface area (TPSA) is 54.4 Å². The van der Waals surface area contributed by atoms with Crippen LogP contribution in [0.5, 0.6) is 5.75 Å². The van der Waals surface area contributed by atoms with Crippen molar-refractivity contribution in [3.8, 4) is 5.75 Å². The van der Waals surface area contributed by atoms with Crippen LogP contribution in [0.15, 0.2) is 140 Å². The third-order valence-corrected chi connectivity index (χ3v) is 12.3. The standard InChI is InChI=1S/C30H24O3P2/c31-29-23-28(34(32,24-13-5-1-6-14-24)25-15-7-2-8-16-25)21-22-30(29)35(33,26-17-9-3-10-18-26)27-19-11-4-12-20-27/h1-23,31H. The Labute approximate surface area is 205 Å². The van der Waals surface area contributed by atoms with E-state index in [1.165, 1.54) is 6.07 Å². The molecule has 0 saturated heterocycles. The second kappa shape index (κ2) is 9.55. The van der Waals surface area contributed by atoms with E-state index in [4.69, 9.17) is 0 Å². The van der Waals surface area contributed by atoms with Crippen LogP contribution < -0.4 is 31.8 Å². The molecule has 172 valence electrons. The molecule has 5 rings (SSSR count). The molecule has 5 aromatic carbocycles. The van der Waals surface area contributed by atoms with Crippen molar-refractivity contribution < 1.29 is 14.2 Å². The molecule has 0 aliphatic rings. The van der Waals surface area contributed by atoms with Gasteiger partial charge in [-0.05, 0) is 18.2 Å². The normalized spacial score (nSPS) is 11.8. The monoisotopic (exact) mass is 494 g/mol. The molecule has 0 saturated carbocycles. The Morgan fingerprint density at radius 1 is 0.400 bits per heavy atom. The summed E-state index contributed by atoms with van der Waals surface area (Å²) in [6.45, 7) is 0. The molecule has 0 aromatic heterocycles. The van der Waals surface area contributed by atoms with E-state index in [-0.39, 0.29) is 5.75 Å². The predicted molar refractivity (Wildman–Crippen MR) is 147 cm³/mol. The molecular weight excluding hydrogens is 470 g/mol. The summed E-state index contributed by atoms with van der Waals surface area (Å²) in [5.41, 5.74) is 0. The van der Waals surface area contributed by atoms with Crippen molar-refractivity contribution >= 4 is 46.1 Å². The Kier molecular flexibility index (Phi) is 6.31. The number of hydrogen-bond donors (Lipinski definition) is 1. The molecular formula is C30H24O3P2. The zero-order valence-corrected chi connectivity index (χ0v) is 20.7. The molecule has 5 heteroatoms. The van der Waals surface area contributed by atoms with Crippen molar-refractivity contribution in [1.29, 1.82) is 0 Å². The molecule has 0 fully saturated rings. The molecule has 0 radical (unpaired) electrons. The highest BCUT2D eigenvalue weighted by molar-refractivity contribution is 7.86. The van der Waals surface area contributed by atoms with Crippen molar-refractivity contribution in [2.45, 2.75) is 0 Å². The van der Waals surface area contributed by atoms with E-state index in [1.54, 1.807) is 12.1 Å². The number of phenolic OH excluding ortho intramolecular Hbond substituents is 1. The van der Waals surface area contributed by atoms with Crippen LogP contribution in [-0.4, -0.2) is 5.11 Å². The fourth-order valence-electron chi connectivity index (χ4n) is 4.40. The summed E-state index contributed by atoms with van der Waals surface area (Å²) in [5.74, 6) is -0.134. The van der Waals surface area contributed by atoms with E-state index < -0.39 is 14.3 Å². The summed E-state index contributed by atoms with van der Waals surface area (Å²) in [6, 6.07) is 41.9. The molecule has 0 bridgehead atoms. The molecule has 0 atom stereocenters. The highest BCUT2D eigenvalue weighted by Gasteiger charge is 2.35. The first-order valence-corrected chi connectivity index (χ1v) is 14.7. The van der Waals surface area contributed by atoms with Crippen molar-refractivity contribution in [3.63, 3.8) is 0 Å². The summed E-state index contributed by atoms with van der Waals surface area (Å²) in [7, 11) is -6.64. The maximum atomic E-state index is 14.7. The zero-order valence-electron chi connectivity index (χ0n) is 18.9. The van der Waals surface area contributed by atoms with Crippen molar-refractivity contribution in [1.82, 2.24) is 0 Å². The number of benzene rings is 5. The van der Waals surface area contributed by atoms with E-state index in [0.717, 1.165) is 0 Å². The van der Waals surface area contributed by atoms with Crippen LogP contribution in [0.2, 0.25) is 0 Å². The average molecular weight is 494 g/mol. The van der Waals surface area contributed by atoms with Gasteiger partial charge in [0, 0.05) is 26.5 Å². The highest BCUT2D eigenvalue weighted by Crippen LogP contribution is 2.47. The summed E-state index contributed by atoms with van der Waals surface area (Å²) < 4.78 is 29.4. The molecule has 0 aliphatic heterocycles. The molecule has 35 heavy (non-hydrogen) atoms. The van der Waals surface area contributed by atoms with Crippen LogP contribution in [0.4, 0.5) is 0 Å². The number of hydrogen-bond acceptors (Lipinski definition) is 3. The lowest BCUT2D eigenvalue weighted by Crippen LogP contribution is -2.28. The van der Waals surface area contributed by atoms with Gasteiger partial charge in [-0.2, -0.15) is 0 Å². The highest BCUT2D eigenvalue weighted by atomic mass is 31.2. The van der Waals surface area contributed by atoms with E-state index in [0.29, 0.717) is 31.8 Å². The molecule has 0 aliphatic carbocycles. The van der Waals surface area contributed by atoms with Crippen LogP contribution in [-0.2, 0) is 9.13 Å². The fraction of sp³-hybridized carbons (Fsp3) is 0. The summed E-state index contributed by atoms with van der Waals surface area (Å²) >= 11 is 0. The van der Waals surface area contributed by atoms with Crippen molar-refractivity contribution in [2.24, 2.45) is 0 Å². The van der Waals surface area contributed by atoms with Gasteiger partial charge in [0.2, 0.25) is 0 Å². The van der Waals surface area contributed by atoms with Crippen LogP contribution in [0.1, 0.15) is 0 Å². The lowest BCUT2D eigenvalue weighted by Gasteiger charge is -2.24. The number of rotatable bonds is 6. The average Bonchev–Trinajstić information content (AvgIpc) is 2.94. The van der Waals surface area contributed by atoms with Gasteiger partial charge in [-0.1, -0.05) is 121 Å². The quantitative estimate of drug-likeness (QED) is 0.349. The molecule has 5 aromatic rings. The lowest BCUT2D eigenvalue weighted by atomic mass is 10.3. The smallest absolute Gasteiger partial charge is 0.174 e. The van der Waals surface area contributed by atoms with Gasteiger partial charge in [0.1, 0.15) is 5.75 Å². The number of aromatic hydroxyl groups is 1. The molecule has 3 nitrogen and oxygen atoms in total. The predicted octanol–water partition coefficient (Wildman–Crippen LogP) is 4.67. The maximum absolute atomic E-state index is 14.7. The molecule has 0 unspecified atom stereocenters. The van der Waals surface area contributed by atoms with Gasteiger partial charge in [0.05, 0.1) is 5.30 Å². The first-order chi connectivity index (χ1) is 17.0. The summed E-state index contributed by atoms with van der Waals surface area (Å²) in [4.78, 5) is 0. The Hall–Kier alpha value is -3.64. The largest absolute Gasteiger partial charge is 0.507 e. The van der Waals surface area contributed by atoms with E-state index in [2.05, 4.69) is 0 Å². The lowest BCUT2D eigenvalue weighted by molar-refractivity contribution is 0.479. The minimum atomic E-state index is -3.37. The van der Waals surface area contributed by atoms with E-state index >= 15 is 0 Å². The SMILES string of the molecule is O=P(c1ccccc1)(c1ccccc1)c1ccc(P(=O)(c2ccccc2)c2ccccc2)c(O)c1. The Morgan fingerprint density at radius 2 is 0.743 bits per heavy atom. The van der Waals surface area contributed by atoms with Crippen LogP contribution >= 0.6 is 14.3 Å². The fourth-order valence-corrected chi connectivity index (χ4v) is 9.78. The molecule has 0 heterocycles. The van der Waals surface area contributed by atoms with Crippen LogP contribution in [0.25, 0.3) is 0 Å². The third kappa shape index (κ3) is 4.08. The second-order valence-electron chi connectivity index (χ2n) is 8.23. The first kappa shape index (κ1) is 23.1. The van der Waals surface area contributed by atoms with Gasteiger partial charge >= 0.3 is 0 Å². The van der Waals surface area contributed by atoms with Gasteiger partial charge in [-0.3, -0.25) is 0 Å². The summed E-state index contributed by atoms with van der Waals surface area (Å²) in [5, 5.41) is 14.7. The maximum Gasteiger partial charge on any atom is 0.174 e. The van der Waals surface area contributed by atoms with Gasteiger partial charge in [-0.25, -0.2) is 0 Å². The van der Waals surface area contributed by atoms with Gasteiger partial charge in [0.15, 0.2) is 14.3 Å².